The number of aliphatic hydroxyl groups is 1. The van der Waals surface area contributed by atoms with Crippen molar-refractivity contribution in [1.29, 1.82) is 0 Å². The van der Waals surface area contributed by atoms with E-state index in [0.717, 1.165) is 0 Å². The number of likely N-dealkylation sites (tertiary alicyclic amines) is 1. The summed E-state index contributed by atoms with van der Waals surface area (Å²) in [4.78, 5) is 16.8. The van der Waals surface area contributed by atoms with E-state index in [-0.39, 0.29) is 6.04 Å². The molecule has 0 bridgehead atoms. The summed E-state index contributed by atoms with van der Waals surface area (Å²) in [6.07, 6.45) is 5.10. The Hall–Kier alpha value is -1.40. The predicted molar refractivity (Wildman–Crippen MR) is 60.6 cm³/mol. The largest absolute Gasteiger partial charge is 0.480 e. The molecule has 1 saturated heterocycles. The first-order valence-electron chi connectivity index (χ1n) is 5.75. The average molecular weight is 239 g/mol. The summed E-state index contributed by atoms with van der Waals surface area (Å²) in [6.45, 7) is 2.78. The minimum absolute atomic E-state index is 0.106. The molecule has 1 aromatic rings. The molecule has 1 fully saturated rings. The van der Waals surface area contributed by atoms with Crippen molar-refractivity contribution in [3.63, 3.8) is 0 Å². The van der Waals surface area contributed by atoms with Crippen LogP contribution in [0.1, 0.15) is 19.4 Å². The molecule has 3 atom stereocenters. The predicted octanol–water partition coefficient (Wildman–Crippen LogP) is -0.0361. The van der Waals surface area contributed by atoms with Crippen LogP contribution in [0.25, 0.3) is 0 Å². The number of carbonyl (C=O) groups is 1. The van der Waals surface area contributed by atoms with Gasteiger partial charge < -0.3 is 14.8 Å². The van der Waals surface area contributed by atoms with Gasteiger partial charge in [-0.25, -0.2) is 4.98 Å². The fourth-order valence-corrected chi connectivity index (χ4v) is 2.40. The summed E-state index contributed by atoms with van der Waals surface area (Å²) >= 11 is 0. The highest BCUT2D eigenvalue weighted by molar-refractivity contribution is 5.73. The molecule has 1 aromatic heterocycles. The van der Waals surface area contributed by atoms with Crippen molar-refractivity contribution in [3.8, 4) is 0 Å². The quantitative estimate of drug-likeness (QED) is 0.771. The van der Waals surface area contributed by atoms with Crippen molar-refractivity contribution in [2.24, 2.45) is 0 Å². The van der Waals surface area contributed by atoms with Crippen molar-refractivity contribution >= 4 is 5.97 Å². The third-order valence-electron chi connectivity index (χ3n) is 3.31. The van der Waals surface area contributed by atoms with Gasteiger partial charge in [0.25, 0.3) is 0 Å². The van der Waals surface area contributed by atoms with Crippen LogP contribution in [-0.2, 0) is 4.79 Å². The minimum atomic E-state index is -0.828. The van der Waals surface area contributed by atoms with Crippen LogP contribution in [0.2, 0.25) is 0 Å². The lowest BCUT2D eigenvalue weighted by Crippen LogP contribution is -2.39. The third-order valence-corrected chi connectivity index (χ3v) is 3.31. The number of aromatic nitrogens is 2. The molecule has 0 spiro atoms. The van der Waals surface area contributed by atoms with Gasteiger partial charge in [-0.2, -0.15) is 0 Å². The lowest BCUT2D eigenvalue weighted by molar-refractivity contribution is -0.143. The number of carboxylic acid groups (broad SMARTS) is 1. The first-order valence-corrected chi connectivity index (χ1v) is 5.75. The number of β-amino-alcohol motifs (C(OH)–C–C–N with tert-alkyl or cyclic N) is 1. The highest BCUT2D eigenvalue weighted by atomic mass is 16.4. The van der Waals surface area contributed by atoms with Crippen LogP contribution in [0.3, 0.4) is 0 Å². The summed E-state index contributed by atoms with van der Waals surface area (Å²) in [5, 5.41) is 19.1. The number of hydrogen-bond donors (Lipinski definition) is 2. The van der Waals surface area contributed by atoms with Crippen LogP contribution in [-0.4, -0.2) is 55.9 Å². The molecule has 94 valence electrons. The molecule has 0 amide bonds. The molecule has 2 rings (SSSR count). The van der Waals surface area contributed by atoms with Gasteiger partial charge in [0.2, 0.25) is 0 Å². The van der Waals surface area contributed by atoms with E-state index in [4.69, 9.17) is 5.11 Å². The van der Waals surface area contributed by atoms with E-state index in [1.165, 1.54) is 0 Å². The van der Waals surface area contributed by atoms with Gasteiger partial charge in [-0.05, 0) is 6.42 Å². The van der Waals surface area contributed by atoms with Gasteiger partial charge in [0.15, 0.2) is 0 Å². The topological polar surface area (TPSA) is 78.6 Å². The molecule has 1 aliphatic rings. The van der Waals surface area contributed by atoms with Gasteiger partial charge in [0.05, 0.1) is 18.5 Å². The zero-order valence-corrected chi connectivity index (χ0v) is 9.73. The fraction of sp³-hybridized carbons (Fsp3) is 0.636. The molecule has 17 heavy (non-hydrogen) atoms. The van der Waals surface area contributed by atoms with Crippen molar-refractivity contribution in [3.05, 3.63) is 18.7 Å². The van der Waals surface area contributed by atoms with Gasteiger partial charge in [-0.15, -0.1) is 0 Å². The molecular weight excluding hydrogens is 222 g/mol. The van der Waals surface area contributed by atoms with Gasteiger partial charge in [0, 0.05) is 25.5 Å². The maximum Gasteiger partial charge on any atom is 0.320 e. The standard InChI is InChI=1S/C11H17N3O3/c1-2-8(11(16)17)14-5-9(10(15)6-14)13-4-3-12-7-13/h3-4,7-10,15H,2,5-6H2,1H3,(H,16,17)/t8-,9-,10-/m1/s1. The second-order valence-corrected chi connectivity index (χ2v) is 4.36. The summed E-state index contributed by atoms with van der Waals surface area (Å²) < 4.78 is 1.83. The Bertz CT molecular complexity index is 379. The van der Waals surface area contributed by atoms with Crippen LogP contribution < -0.4 is 0 Å². The monoisotopic (exact) mass is 239 g/mol. The minimum Gasteiger partial charge on any atom is -0.480 e. The molecule has 0 unspecified atom stereocenters. The normalized spacial score (nSPS) is 27.2. The smallest absolute Gasteiger partial charge is 0.320 e. The zero-order chi connectivity index (χ0) is 12.4. The number of carboxylic acids is 1. The molecule has 6 heteroatoms. The second-order valence-electron chi connectivity index (χ2n) is 4.36. The number of hydrogen-bond acceptors (Lipinski definition) is 4. The van der Waals surface area contributed by atoms with Crippen LogP contribution in [0.5, 0.6) is 0 Å². The molecule has 1 aliphatic heterocycles. The Morgan fingerprint density at radius 2 is 2.35 bits per heavy atom. The second kappa shape index (κ2) is 4.85. The SMILES string of the molecule is CC[C@H](C(=O)O)N1C[C@@H](O)[C@H](n2ccnc2)C1. The molecule has 6 nitrogen and oxygen atoms in total. The average Bonchev–Trinajstić information content (AvgIpc) is 2.87. The van der Waals surface area contributed by atoms with E-state index in [9.17, 15) is 9.90 Å². The van der Waals surface area contributed by atoms with Gasteiger partial charge in [0.1, 0.15) is 6.04 Å². The lowest BCUT2D eigenvalue weighted by atomic mass is 10.2. The molecular formula is C11H17N3O3. The first kappa shape index (κ1) is 12.1. The van der Waals surface area contributed by atoms with E-state index in [1.54, 1.807) is 18.7 Å². The summed E-state index contributed by atoms with van der Waals surface area (Å²) in [6, 6.07) is -0.621. The van der Waals surface area contributed by atoms with Gasteiger partial charge >= 0.3 is 5.97 Å². The number of nitrogens with zero attached hydrogens (tertiary/aromatic N) is 3. The highest BCUT2D eigenvalue weighted by Crippen LogP contribution is 2.24. The maximum absolute atomic E-state index is 11.1. The van der Waals surface area contributed by atoms with Crippen LogP contribution in [0.15, 0.2) is 18.7 Å². The van der Waals surface area contributed by atoms with Crippen molar-refractivity contribution in [2.75, 3.05) is 13.1 Å². The molecule has 2 heterocycles. The Kier molecular flexibility index (Phi) is 3.44. The number of aliphatic carboxylic acids is 1. The van der Waals surface area contributed by atoms with E-state index >= 15 is 0 Å². The molecule has 0 saturated carbocycles. The Balaban J connectivity index is 2.09. The third kappa shape index (κ3) is 2.32. The molecule has 0 aromatic carbocycles. The fourth-order valence-electron chi connectivity index (χ4n) is 2.40. The van der Waals surface area contributed by atoms with Crippen LogP contribution >= 0.6 is 0 Å². The van der Waals surface area contributed by atoms with E-state index < -0.39 is 18.1 Å². The zero-order valence-electron chi connectivity index (χ0n) is 9.73. The van der Waals surface area contributed by atoms with E-state index in [2.05, 4.69) is 4.98 Å². The summed E-state index contributed by atoms with van der Waals surface area (Å²) in [5.74, 6) is -0.828. The Labute approximate surface area is 99.5 Å². The first-order chi connectivity index (χ1) is 8.13. The molecule has 2 N–H and O–H groups in total. The Morgan fingerprint density at radius 1 is 1.59 bits per heavy atom. The number of imidazole rings is 1. The number of rotatable bonds is 4. The van der Waals surface area contributed by atoms with E-state index in [0.29, 0.717) is 19.5 Å². The molecule has 0 radical (unpaired) electrons. The maximum atomic E-state index is 11.1. The van der Waals surface area contributed by atoms with E-state index in [1.807, 2.05) is 16.4 Å². The van der Waals surface area contributed by atoms with Crippen molar-refractivity contribution in [2.45, 2.75) is 31.5 Å². The lowest BCUT2D eigenvalue weighted by Gasteiger charge is -2.22. The Morgan fingerprint density at radius 3 is 2.88 bits per heavy atom. The molecule has 0 aliphatic carbocycles. The number of aliphatic hydroxyl groups excluding tert-OH is 1. The summed E-state index contributed by atoms with van der Waals surface area (Å²) in [7, 11) is 0. The van der Waals surface area contributed by atoms with Gasteiger partial charge in [-0.1, -0.05) is 6.92 Å². The highest BCUT2D eigenvalue weighted by Gasteiger charge is 2.37. The van der Waals surface area contributed by atoms with Crippen LogP contribution in [0.4, 0.5) is 0 Å². The van der Waals surface area contributed by atoms with Gasteiger partial charge in [-0.3, -0.25) is 9.69 Å². The van der Waals surface area contributed by atoms with Crippen LogP contribution in [0, 0.1) is 0 Å². The summed E-state index contributed by atoms with van der Waals surface area (Å²) in [5.41, 5.74) is 0. The van der Waals surface area contributed by atoms with Crippen molar-refractivity contribution < 1.29 is 15.0 Å². The van der Waals surface area contributed by atoms with Crippen molar-refractivity contribution in [1.82, 2.24) is 14.5 Å².